The highest BCUT2D eigenvalue weighted by Crippen LogP contribution is 2.49. The molecule has 0 radical (unpaired) electrons. The number of rotatable bonds is 4. The van der Waals surface area contributed by atoms with Crippen LogP contribution in [0.2, 0.25) is 0 Å². The van der Waals surface area contributed by atoms with Crippen LogP contribution in [0.5, 0.6) is 0 Å². The van der Waals surface area contributed by atoms with Gasteiger partial charge in [0.1, 0.15) is 6.26 Å². The van der Waals surface area contributed by atoms with Crippen molar-refractivity contribution in [2.45, 2.75) is 25.2 Å². The maximum Gasteiger partial charge on any atom is 0.311 e. The summed E-state index contributed by atoms with van der Waals surface area (Å²) in [6, 6.07) is 4.55. The minimum Gasteiger partial charge on any atom is -0.469 e. The molecule has 2 aliphatic heterocycles. The van der Waals surface area contributed by atoms with Crippen molar-refractivity contribution >= 4 is 5.97 Å². The van der Waals surface area contributed by atoms with Crippen LogP contribution in [0.1, 0.15) is 17.4 Å². The summed E-state index contributed by atoms with van der Waals surface area (Å²) in [5.74, 6) is -1.23. The van der Waals surface area contributed by atoms with Gasteiger partial charge in [-0.15, -0.1) is 0 Å². The van der Waals surface area contributed by atoms with Gasteiger partial charge in [0.15, 0.2) is 6.39 Å². The highest BCUT2D eigenvalue weighted by molar-refractivity contribution is 5.74. The average molecular weight is 345 g/mol. The van der Waals surface area contributed by atoms with Gasteiger partial charge in [-0.3, -0.25) is 14.5 Å². The second kappa shape index (κ2) is 6.12. The lowest BCUT2D eigenvalue weighted by molar-refractivity contribution is -0.148. The third-order valence-corrected chi connectivity index (χ3v) is 5.35. The lowest BCUT2D eigenvalue weighted by Gasteiger charge is -2.37. The molecule has 1 saturated heterocycles. The fourth-order valence-electron chi connectivity index (χ4n) is 4.30. The highest BCUT2D eigenvalue weighted by Gasteiger charge is 2.56. The molecule has 0 unspecified atom stereocenters. The lowest BCUT2D eigenvalue weighted by Crippen LogP contribution is -2.45. The first kappa shape index (κ1) is 16.0. The number of esters is 1. The van der Waals surface area contributed by atoms with Gasteiger partial charge < -0.3 is 18.8 Å². The Hall–Kier alpha value is -2.45. The van der Waals surface area contributed by atoms with Gasteiger partial charge in [-0.25, -0.2) is 4.98 Å². The van der Waals surface area contributed by atoms with Gasteiger partial charge in [-0.05, 0) is 6.07 Å². The monoisotopic (exact) mass is 345 g/mol. The molecule has 2 bridgehead atoms. The topological polar surface area (TPSA) is 97.8 Å². The van der Waals surface area contributed by atoms with Gasteiger partial charge in [0, 0.05) is 43.4 Å². The van der Waals surface area contributed by atoms with E-state index in [1.807, 2.05) is 6.07 Å². The van der Waals surface area contributed by atoms with Crippen LogP contribution < -0.4 is 5.56 Å². The van der Waals surface area contributed by atoms with E-state index in [0.29, 0.717) is 13.1 Å². The molecule has 0 amide bonds. The van der Waals surface area contributed by atoms with Crippen molar-refractivity contribution in [1.29, 1.82) is 0 Å². The number of oxazole rings is 1. The molecule has 8 nitrogen and oxygen atoms in total. The van der Waals surface area contributed by atoms with Gasteiger partial charge in [-0.2, -0.15) is 0 Å². The van der Waals surface area contributed by atoms with E-state index in [9.17, 15) is 14.7 Å². The average Bonchev–Trinajstić information content (AvgIpc) is 3.19. The van der Waals surface area contributed by atoms with Crippen LogP contribution in [-0.4, -0.2) is 45.3 Å². The number of ether oxygens (including phenoxy) is 1. The number of aliphatic hydroxyl groups excluding tert-OH is 1. The second-order valence-electron chi connectivity index (χ2n) is 6.46. The first-order valence-electron chi connectivity index (χ1n) is 8.17. The number of fused-ring (bicyclic) bond motifs is 4. The van der Waals surface area contributed by atoms with Crippen molar-refractivity contribution in [3.8, 4) is 0 Å². The minimum atomic E-state index is -0.539. The van der Waals surface area contributed by atoms with Crippen LogP contribution in [0, 0.1) is 11.8 Å². The molecule has 1 N–H and O–H groups in total. The van der Waals surface area contributed by atoms with Crippen molar-refractivity contribution in [2.75, 3.05) is 13.7 Å². The minimum absolute atomic E-state index is 0.101. The molecule has 2 aromatic rings. The molecule has 1 fully saturated rings. The molecule has 4 rings (SSSR count). The molecule has 0 saturated carbocycles. The molecule has 25 heavy (non-hydrogen) atoms. The summed E-state index contributed by atoms with van der Waals surface area (Å²) in [5, 5.41) is 9.96. The Morgan fingerprint density at radius 3 is 3.00 bits per heavy atom. The molecule has 2 aromatic heterocycles. The number of pyridine rings is 1. The zero-order valence-corrected chi connectivity index (χ0v) is 13.7. The van der Waals surface area contributed by atoms with Crippen LogP contribution in [0.15, 0.2) is 40.1 Å². The summed E-state index contributed by atoms with van der Waals surface area (Å²) >= 11 is 0. The molecule has 132 valence electrons. The molecule has 4 atom stereocenters. The highest BCUT2D eigenvalue weighted by atomic mass is 16.5. The summed E-state index contributed by atoms with van der Waals surface area (Å²) < 4.78 is 11.7. The van der Waals surface area contributed by atoms with Crippen molar-refractivity contribution < 1.29 is 19.1 Å². The van der Waals surface area contributed by atoms with E-state index in [1.54, 1.807) is 16.9 Å². The summed E-state index contributed by atoms with van der Waals surface area (Å²) in [5.41, 5.74) is 1.40. The number of methoxy groups -OCH3 is 1. The number of nitrogens with zero attached hydrogens (tertiary/aromatic N) is 3. The van der Waals surface area contributed by atoms with Crippen LogP contribution in [0.25, 0.3) is 0 Å². The third kappa shape index (κ3) is 2.40. The Bertz CT molecular complexity index is 831. The number of aromatic nitrogens is 2. The second-order valence-corrected chi connectivity index (χ2v) is 6.46. The standard InChI is InChI=1S/C17H19N3O5/c1-24-17(23)15-11(7-21)13-6-19-12(3-2-4-14(19)22)16(15)20(13)5-10-8-25-9-18-10/h2-4,8-9,11,13,15-16,21H,5-7H2,1H3/t11-,13-,15+,16+/m1/s1. The first-order chi connectivity index (χ1) is 12.2. The van der Waals surface area contributed by atoms with Gasteiger partial charge in [0.25, 0.3) is 5.56 Å². The molecular formula is C17H19N3O5. The number of hydrogen-bond donors (Lipinski definition) is 1. The van der Waals surface area contributed by atoms with Gasteiger partial charge >= 0.3 is 5.97 Å². The predicted molar refractivity (Wildman–Crippen MR) is 85.4 cm³/mol. The van der Waals surface area contributed by atoms with Gasteiger partial charge in [0.2, 0.25) is 0 Å². The first-order valence-corrected chi connectivity index (χ1v) is 8.17. The number of carbonyl (C=O) groups excluding carboxylic acids is 1. The summed E-state index contributed by atoms with van der Waals surface area (Å²) in [7, 11) is 1.35. The van der Waals surface area contributed by atoms with Crippen LogP contribution in [0.3, 0.4) is 0 Å². The maximum atomic E-state index is 12.5. The zero-order valence-electron chi connectivity index (χ0n) is 13.7. The van der Waals surface area contributed by atoms with E-state index in [-0.39, 0.29) is 36.1 Å². The Morgan fingerprint density at radius 2 is 2.32 bits per heavy atom. The summed E-state index contributed by atoms with van der Waals surface area (Å²) in [6.07, 6.45) is 2.92. The number of hydrogen-bond acceptors (Lipinski definition) is 7. The molecule has 0 aromatic carbocycles. The van der Waals surface area contributed by atoms with Crippen LogP contribution in [-0.2, 0) is 22.6 Å². The fourth-order valence-corrected chi connectivity index (χ4v) is 4.30. The van der Waals surface area contributed by atoms with E-state index in [2.05, 4.69) is 9.88 Å². The maximum absolute atomic E-state index is 12.5. The number of aliphatic hydroxyl groups is 1. The Morgan fingerprint density at radius 1 is 1.48 bits per heavy atom. The lowest BCUT2D eigenvalue weighted by atomic mass is 9.87. The molecule has 2 aliphatic rings. The normalized spacial score (nSPS) is 27.9. The van der Waals surface area contributed by atoms with E-state index in [4.69, 9.17) is 9.15 Å². The third-order valence-electron chi connectivity index (χ3n) is 5.35. The molecule has 4 heterocycles. The van der Waals surface area contributed by atoms with Crippen molar-refractivity contribution in [2.24, 2.45) is 11.8 Å². The Kier molecular flexibility index (Phi) is 3.93. The van der Waals surface area contributed by atoms with Crippen LogP contribution in [0.4, 0.5) is 0 Å². The van der Waals surface area contributed by atoms with Crippen LogP contribution >= 0.6 is 0 Å². The van der Waals surface area contributed by atoms with Gasteiger partial charge in [-0.1, -0.05) is 6.07 Å². The molecule has 8 heteroatoms. The molecular weight excluding hydrogens is 326 g/mol. The quantitative estimate of drug-likeness (QED) is 0.789. The predicted octanol–water partition coefficient (Wildman–Crippen LogP) is 0.173. The van der Waals surface area contributed by atoms with Gasteiger partial charge in [0.05, 0.1) is 24.8 Å². The number of carbonyl (C=O) groups is 1. The van der Waals surface area contributed by atoms with Crippen molar-refractivity contribution in [1.82, 2.24) is 14.5 Å². The van der Waals surface area contributed by atoms with E-state index >= 15 is 0 Å². The smallest absolute Gasteiger partial charge is 0.311 e. The van der Waals surface area contributed by atoms with E-state index < -0.39 is 5.92 Å². The summed E-state index contributed by atoms with van der Waals surface area (Å²) in [4.78, 5) is 31.1. The van der Waals surface area contributed by atoms with E-state index in [0.717, 1.165) is 11.4 Å². The van der Waals surface area contributed by atoms with Crippen molar-refractivity contribution in [3.63, 3.8) is 0 Å². The van der Waals surface area contributed by atoms with Crippen molar-refractivity contribution in [3.05, 3.63) is 52.6 Å². The zero-order chi connectivity index (χ0) is 17.6. The Balaban J connectivity index is 1.83. The van der Waals surface area contributed by atoms with E-state index in [1.165, 1.54) is 19.6 Å². The summed E-state index contributed by atoms with van der Waals surface area (Å²) in [6.45, 7) is 0.736. The SMILES string of the molecule is COC(=O)[C@H]1[C@H](CO)[C@H]2Cn3c(cccc3=O)[C@@H]1N2Cc1cocn1. The largest absolute Gasteiger partial charge is 0.469 e. The molecule has 0 spiro atoms. The Labute approximate surface area is 143 Å². The fraction of sp³-hybridized carbons (Fsp3) is 0.471. The molecule has 0 aliphatic carbocycles.